The Morgan fingerprint density at radius 2 is 1.75 bits per heavy atom. The summed E-state index contributed by atoms with van der Waals surface area (Å²) in [4.78, 5) is 27.5. The van der Waals surface area contributed by atoms with Gasteiger partial charge in [0.15, 0.2) is 5.01 Å². The Bertz CT molecular complexity index is 1080. The molecule has 1 saturated heterocycles. The normalized spacial score (nSPS) is 15.2. The molecule has 2 aromatic heterocycles. The highest BCUT2D eigenvalue weighted by atomic mass is 32.1. The van der Waals surface area contributed by atoms with Crippen molar-refractivity contribution in [3.8, 4) is 11.3 Å². The molecular weight excluding hydrogens is 368 g/mol. The van der Waals surface area contributed by atoms with Crippen LogP contribution in [0, 0.1) is 0 Å². The summed E-state index contributed by atoms with van der Waals surface area (Å²) in [5.74, 6) is 1.44. The fraction of sp³-hybridized carbons (Fsp3) is 0.227. The number of rotatable bonds is 3. The first-order valence-electron chi connectivity index (χ1n) is 9.53. The van der Waals surface area contributed by atoms with Crippen LogP contribution in [0.2, 0.25) is 0 Å². The summed E-state index contributed by atoms with van der Waals surface area (Å²) in [6.45, 7) is 1.47. The van der Waals surface area contributed by atoms with Gasteiger partial charge in [-0.1, -0.05) is 42.5 Å². The van der Waals surface area contributed by atoms with Crippen molar-refractivity contribution in [1.82, 2.24) is 19.9 Å². The number of piperidine rings is 1. The van der Waals surface area contributed by atoms with Gasteiger partial charge in [-0.15, -0.1) is 11.3 Å². The molecule has 0 aliphatic carbocycles. The first-order valence-corrected chi connectivity index (χ1v) is 10.4. The van der Waals surface area contributed by atoms with Crippen molar-refractivity contribution in [2.45, 2.75) is 18.8 Å². The Hall–Kier alpha value is -2.99. The van der Waals surface area contributed by atoms with Gasteiger partial charge in [0.2, 0.25) is 0 Å². The maximum Gasteiger partial charge on any atom is 0.282 e. The van der Waals surface area contributed by atoms with Crippen LogP contribution in [0.3, 0.4) is 0 Å². The van der Waals surface area contributed by atoms with Gasteiger partial charge < -0.3 is 9.88 Å². The van der Waals surface area contributed by atoms with Crippen molar-refractivity contribution >= 4 is 28.3 Å². The summed E-state index contributed by atoms with van der Waals surface area (Å²) in [6.07, 6.45) is 1.84. The zero-order valence-corrected chi connectivity index (χ0v) is 16.2. The highest BCUT2D eigenvalue weighted by molar-refractivity contribution is 7.12. The monoisotopic (exact) mass is 388 g/mol. The molecule has 0 spiro atoms. The quantitative estimate of drug-likeness (QED) is 0.553. The smallest absolute Gasteiger partial charge is 0.282 e. The number of amides is 1. The summed E-state index contributed by atoms with van der Waals surface area (Å²) >= 11 is 1.43. The number of imidazole rings is 1. The van der Waals surface area contributed by atoms with E-state index in [-0.39, 0.29) is 5.91 Å². The summed E-state index contributed by atoms with van der Waals surface area (Å²) in [6, 6.07) is 18.1. The molecule has 1 fully saturated rings. The third-order valence-electron chi connectivity index (χ3n) is 5.33. The summed E-state index contributed by atoms with van der Waals surface area (Å²) in [5.41, 5.74) is 3.99. The van der Waals surface area contributed by atoms with Crippen LogP contribution in [0.1, 0.15) is 34.4 Å². The molecule has 140 valence electrons. The van der Waals surface area contributed by atoms with Crippen molar-refractivity contribution in [2.75, 3.05) is 13.1 Å². The molecule has 1 aliphatic rings. The highest BCUT2D eigenvalue weighted by Crippen LogP contribution is 2.29. The molecule has 1 amide bonds. The Labute approximate surface area is 167 Å². The number of aromatic amines is 1. The number of nitrogens with one attached hydrogen (secondary N) is 1. The third-order valence-corrected chi connectivity index (χ3v) is 6.16. The number of hydrogen-bond acceptors (Lipinski definition) is 4. The maximum atomic E-state index is 12.9. The topological polar surface area (TPSA) is 61.9 Å². The number of likely N-dealkylation sites (tertiary alicyclic amines) is 1. The van der Waals surface area contributed by atoms with Crippen LogP contribution < -0.4 is 0 Å². The molecule has 0 saturated carbocycles. The van der Waals surface area contributed by atoms with Gasteiger partial charge in [0.1, 0.15) is 5.82 Å². The van der Waals surface area contributed by atoms with Crippen LogP contribution in [-0.4, -0.2) is 38.8 Å². The van der Waals surface area contributed by atoms with Gasteiger partial charge in [0.25, 0.3) is 5.91 Å². The summed E-state index contributed by atoms with van der Waals surface area (Å²) in [5, 5.41) is 2.53. The van der Waals surface area contributed by atoms with Gasteiger partial charge in [-0.3, -0.25) is 4.79 Å². The van der Waals surface area contributed by atoms with Crippen molar-refractivity contribution in [3.05, 3.63) is 70.8 Å². The Morgan fingerprint density at radius 1 is 1.00 bits per heavy atom. The first-order chi connectivity index (χ1) is 13.8. The van der Waals surface area contributed by atoms with Gasteiger partial charge in [-0.25, -0.2) is 9.97 Å². The molecule has 3 heterocycles. The molecule has 5 nitrogen and oxygen atoms in total. The fourth-order valence-corrected chi connectivity index (χ4v) is 4.56. The number of hydrogen-bond donors (Lipinski definition) is 1. The van der Waals surface area contributed by atoms with E-state index >= 15 is 0 Å². The van der Waals surface area contributed by atoms with E-state index in [1.165, 1.54) is 11.3 Å². The molecule has 0 bridgehead atoms. The SMILES string of the molecule is O=C(c1nc(-c2ccccc2)cs1)N1CCC(c2nc3ccccc3[nH]2)CC1. The van der Waals surface area contributed by atoms with E-state index in [1.807, 2.05) is 58.8 Å². The van der Waals surface area contributed by atoms with E-state index < -0.39 is 0 Å². The Morgan fingerprint density at radius 3 is 2.54 bits per heavy atom. The Balaban J connectivity index is 1.26. The lowest BCUT2D eigenvalue weighted by Crippen LogP contribution is -2.38. The third kappa shape index (κ3) is 3.20. The Kier molecular flexibility index (Phi) is 4.41. The second-order valence-electron chi connectivity index (χ2n) is 7.11. The molecule has 2 aromatic carbocycles. The van der Waals surface area contributed by atoms with E-state index in [0.717, 1.165) is 54.0 Å². The molecule has 1 aliphatic heterocycles. The van der Waals surface area contributed by atoms with Crippen LogP contribution in [-0.2, 0) is 0 Å². The maximum absolute atomic E-state index is 12.9. The van der Waals surface area contributed by atoms with Crippen LogP contribution in [0.4, 0.5) is 0 Å². The molecule has 6 heteroatoms. The lowest BCUT2D eigenvalue weighted by atomic mass is 9.96. The van der Waals surface area contributed by atoms with Gasteiger partial charge in [0.05, 0.1) is 16.7 Å². The molecule has 0 radical (unpaired) electrons. The molecule has 0 unspecified atom stereocenters. The number of H-pyrrole nitrogens is 1. The molecule has 0 atom stereocenters. The highest BCUT2D eigenvalue weighted by Gasteiger charge is 2.27. The predicted molar refractivity (Wildman–Crippen MR) is 112 cm³/mol. The number of thiazole rings is 1. The number of benzene rings is 2. The minimum atomic E-state index is 0.0373. The molecule has 4 aromatic rings. The van der Waals surface area contributed by atoms with Crippen molar-refractivity contribution in [1.29, 1.82) is 0 Å². The fourth-order valence-electron chi connectivity index (χ4n) is 3.77. The summed E-state index contributed by atoms with van der Waals surface area (Å²) in [7, 11) is 0. The van der Waals surface area contributed by atoms with Gasteiger partial charge >= 0.3 is 0 Å². The van der Waals surface area contributed by atoms with E-state index in [2.05, 4.69) is 16.0 Å². The van der Waals surface area contributed by atoms with E-state index in [9.17, 15) is 4.79 Å². The first kappa shape index (κ1) is 17.1. The van der Waals surface area contributed by atoms with Gasteiger partial charge in [-0.2, -0.15) is 0 Å². The van der Waals surface area contributed by atoms with Gasteiger partial charge in [0, 0.05) is 30.0 Å². The van der Waals surface area contributed by atoms with Crippen molar-refractivity contribution in [2.24, 2.45) is 0 Å². The number of aromatic nitrogens is 3. The van der Waals surface area contributed by atoms with Crippen LogP contribution in [0.5, 0.6) is 0 Å². The minimum Gasteiger partial charge on any atom is -0.342 e. The van der Waals surface area contributed by atoms with Crippen LogP contribution in [0.25, 0.3) is 22.3 Å². The molecular formula is C22H20N4OS. The molecule has 1 N–H and O–H groups in total. The number of nitrogens with zero attached hydrogens (tertiary/aromatic N) is 3. The van der Waals surface area contributed by atoms with E-state index in [1.54, 1.807) is 0 Å². The lowest BCUT2D eigenvalue weighted by molar-refractivity contribution is 0.0711. The number of carbonyl (C=O) groups is 1. The second-order valence-corrected chi connectivity index (χ2v) is 7.97. The number of para-hydroxylation sites is 2. The summed E-state index contributed by atoms with van der Waals surface area (Å²) < 4.78 is 0. The van der Waals surface area contributed by atoms with Crippen LogP contribution >= 0.6 is 11.3 Å². The van der Waals surface area contributed by atoms with Crippen molar-refractivity contribution < 1.29 is 4.79 Å². The zero-order valence-electron chi connectivity index (χ0n) is 15.3. The van der Waals surface area contributed by atoms with Gasteiger partial charge in [-0.05, 0) is 25.0 Å². The lowest BCUT2D eigenvalue weighted by Gasteiger charge is -2.30. The molecule has 28 heavy (non-hydrogen) atoms. The van der Waals surface area contributed by atoms with Crippen LogP contribution in [0.15, 0.2) is 60.0 Å². The largest absolute Gasteiger partial charge is 0.342 e. The van der Waals surface area contributed by atoms with E-state index in [0.29, 0.717) is 10.9 Å². The van der Waals surface area contributed by atoms with E-state index in [4.69, 9.17) is 4.98 Å². The standard InChI is InChI=1S/C22H20N4OS/c27-22(21-25-19(14-28-21)15-6-2-1-3-7-15)26-12-10-16(11-13-26)20-23-17-8-4-5-9-18(17)24-20/h1-9,14,16H,10-13H2,(H,23,24). The predicted octanol–water partition coefficient (Wildman–Crippen LogP) is 4.71. The number of carbonyl (C=O) groups excluding carboxylic acids is 1. The number of fused-ring (bicyclic) bond motifs is 1. The minimum absolute atomic E-state index is 0.0373. The average Bonchev–Trinajstić information content (AvgIpc) is 3.41. The molecule has 5 rings (SSSR count). The zero-order chi connectivity index (χ0) is 18.9. The second kappa shape index (κ2) is 7.20. The van der Waals surface area contributed by atoms with Crippen molar-refractivity contribution in [3.63, 3.8) is 0 Å². The average molecular weight is 388 g/mol.